The van der Waals surface area contributed by atoms with Crippen LogP contribution in [0.5, 0.6) is 0 Å². The molecule has 1 aliphatic rings. The Balaban J connectivity index is 2.46. The van der Waals surface area contributed by atoms with Gasteiger partial charge >= 0.3 is 5.97 Å². The van der Waals surface area contributed by atoms with Crippen molar-refractivity contribution in [1.29, 1.82) is 0 Å². The number of morpholine rings is 1. The Kier molecular flexibility index (Phi) is 4.69. The number of aromatic carboxylic acids is 1. The highest BCUT2D eigenvalue weighted by Crippen LogP contribution is 2.31. The number of hydrogen-bond acceptors (Lipinski definition) is 6. The zero-order valence-corrected chi connectivity index (χ0v) is 13.3. The molecule has 21 heavy (non-hydrogen) atoms. The third-order valence-electron chi connectivity index (χ3n) is 3.33. The number of sulfonamides is 1. The molecule has 0 amide bonds. The summed E-state index contributed by atoms with van der Waals surface area (Å²) in [7, 11) is -3.95. The predicted octanol–water partition coefficient (Wildman–Crippen LogP) is 0.525. The molecule has 7 nitrogen and oxygen atoms in total. The number of ether oxygens (including phenoxy) is 1. The predicted molar refractivity (Wildman–Crippen MR) is 76.2 cm³/mol. The molecule has 1 aliphatic heterocycles. The Bertz CT molecular complexity index is 638. The standard InChI is InChI=1S/C12H17NO6S2/c1-7-6-20-10(12(15)16)11(7)21(17,18)13-3-9(4-14)19-5-8(13)2/h6,8-9,14H,3-5H2,1-2H3,(H,15,16). The fourth-order valence-electron chi connectivity index (χ4n) is 2.26. The van der Waals surface area contributed by atoms with E-state index in [4.69, 9.17) is 14.9 Å². The summed E-state index contributed by atoms with van der Waals surface area (Å²) < 4.78 is 32.1. The number of hydrogen-bond donors (Lipinski definition) is 2. The van der Waals surface area contributed by atoms with E-state index in [1.54, 1.807) is 13.8 Å². The molecule has 2 unspecified atom stereocenters. The first-order chi connectivity index (χ1) is 9.78. The van der Waals surface area contributed by atoms with Gasteiger partial charge in [0.1, 0.15) is 9.77 Å². The van der Waals surface area contributed by atoms with Crippen molar-refractivity contribution in [2.75, 3.05) is 19.8 Å². The van der Waals surface area contributed by atoms with E-state index in [-0.39, 0.29) is 29.5 Å². The Morgan fingerprint density at radius 2 is 2.24 bits per heavy atom. The van der Waals surface area contributed by atoms with Gasteiger partial charge in [0.15, 0.2) is 0 Å². The van der Waals surface area contributed by atoms with E-state index in [1.165, 1.54) is 9.69 Å². The van der Waals surface area contributed by atoms with E-state index in [2.05, 4.69) is 0 Å². The van der Waals surface area contributed by atoms with Gasteiger partial charge in [-0.3, -0.25) is 0 Å². The largest absolute Gasteiger partial charge is 0.477 e. The van der Waals surface area contributed by atoms with Gasteiger partial charge in [-0.25, -0.2) is 13.2 Å². The number of carboxylic acids is 1. The molecule has 0 spiro atoms. The topological polar surface area (TPSA) is 104 Å². The third-order valence-corrected chi connectivity index (χ3v) is 6.71. The molecule has 0 saturated carbocycles. The molecule has 0 aliphatic carbocycles. The molecule has 1 aromatic rings. The van der Waals surface area contributed by atoms with E-state index in [0.717, 1.165) is 11.3 Å². The van der Waals surface area contributed by atoms with E-state index in [0.29, 0.717) is 5.56 Å². The van der Waals surface area contributed by atoms with E-state index in [1.807, 2.05) is 0 Å². The molecule has 1 aromatic heterocycles. The zero-order chi connectivity index (χ0) is 15.8. The second-order valence-corrected chi connectivity index (χ2v) is 7.65. The van der Waals surface area contributed by atoms with Gasteiger partial charge in [0.05, 0.1) is 19.3 Å². The second kappa shape index (κ2) is 6.01. The molecule has 2 rings (SSSR count). The molecule has 1 saturated heterocycles. The SMILES string of the molecule is Cc1csc(C(=O)O)c1S(=O)(=O)N1CC(CO)OCC1C. The lowest BCUT2D eigenvalue weighted by Gasteiger charge is -2.36. The van der Waals surface area contributed by atoms with Crippen molar-refractivity contribution in [3.8, 4) is 0 Å². The summed E-state index contributed by atoms with van der Waals surface area (Å²) in [6.45, 7) is 3.15. The van der Waals surface area contributed by atoms with Crippen LogP contribution in [0.2, 0.25) is 0 Å². The summed E-state index contributed by atoms with van der Waals surface area (Å²) in [5, 5.41) is 19.8. The number of carboxylic acid groups (broad SMARTS) is 1. The quantitative estimate of drug-likeness (QED) is 0.831. The lowest BCUT2D eigenvalue weighted by molar-refractivity contribution is -0.0516. The highest BCUT2D eigenvalue weighted by atomic mass is 32.2. The van der Waals surface area contributed by atoms with Crippen LogP contribution in [0.3, 0.4) is 0 Å². The average Bonchev–Trinajstić information content (AvgIpc) is 2.82. The van der Waals surface area contributed by atoms with Gasteiger partial charge in [0, 0.05) is 12.6 Å². The maximum absolute atomic E-state index is 12.8. The fourth-order valence-corrected chi connectivity index (χ4v) is 5.49. The van der Waals surface area contributed by atoms with Crippen molar-refractivity contribution in [2.45, 2.75) is 30.9 Å². The second-order valence-electron chi connectivity index (χ2n) is 4.94. The minimum Gasteiger partial charge on any atom is -0.477 e. The van der Waals surface area contributed by atoms with Crippen LogP contribution in [-0.2, 0) is 14.8 Å². The van der Waals surface area contributed by atoms with Crippen LogP contribution in [0.1, 0.15) is 22.2 Å². The van der Waals surface area contributed by atoms with Gasteiger partial charge in [-0.2, -0.15) is 4.31 Å². The van der Waals surface area contributed by atoms with E-state index in [9.17, 15) is 13.2 Å². The summed E-state index contributed by atoms with van der Waals surface area (Å²) >= 11 is 0.897. The van der Waals surface area contributed by atoms with Crippen LogP contribution >= 0.6 is 11.3 Å². The normalized spacial score (nSPS) is 24.1. The molecule has 2 N–H and O–H groups in total. The lowest BCUT2D eigenvalue weighted by Crippen LogP contribution is -2.52. The highest BCUT2D eigenvalue weighted by molar-refractivity contribution is 7.89. The van der Waals surface area contributed by atoms with Crippen LogP contribution in [0.25, 0.3) is 0 Å². The molecule has 9 heteroatoms. The first-order valence-electron chi connectivity index (χ1n) is 6.34. The molecule has 0 radical (unpaired) electrons. The number of carbonyl (C=O) groups is 1. The highest BCUT2D eigenvalue weighted by Gasteiger charge is 2.38. The van der Waals surface area contributed by atoms with Crippen molar-refractivity contribution < 1.29 is 28.2 Å². The van der Waals surface area contributed by atoms with Gasteiger partial charge in [-0.15, -0.1) is 11.3 Å². The van der Waals surface area contributed by atoms with Crippen molar-refractivity contribution >= 4 is 27.3 Å². The van der Waals surface area contributed by atoms with Crippen molar-refractivity contribution in [1.82, 2.24) is 4.31 Å². The molecule has 1 fully saturated rings. The molecule has 0 bridgehead atoms. The maximum atomic E-state index is 12.8. The van der Waals surface area contributed by atoms with Gasteiger partial charge in [-0.05, 0) is 24.8 Å². The number of rotatable bonds is 4. The lowest BCUT2D eigenvalue weighted by atomic mass is 10.2. The smallest absolute Gasteiger partial charge is 0.347 e. The Morgan fingerprint density at radius 3 is 2.81 bits per heavy atom. The Labute approximate surface area is 126 Å². The molecular weight excluding hydrogens is 318 g/mol. The minimum absolute atomic E-state index is 0.00828. The molecule has 2 heterocycles. The first-order valence-corrected chi connectivity index (χ1v) is 8.66. The molecule has 118 valence electrons. The van der Waals surface area contributed by atoms with E-state index >= 15 is 0 Å². The monoisotopic (exact) mass is 335 g/mol. The van der Waals surface area contributed by atoms with Crippen molar-refractivity contribution in [3.63, 3.8) is 0 Å². The Morgan fingerprint density at radius 1 is 1.57 bits per heavy atom. The average molecular weight is 335 g/mol. The fraction of sp³-hybridized carbons (Fsp3) is 0.583. The van der Waals surface area contributed by atoms with Crippen LogP contribution < -0.4 is 0 Å². The number of thiophene rings is 1. The van der Waals surface area contributed by atoms with Crippen molar-refractivity contribution in [2.24, 2.45) is 0 Å². The summed E-state index contributed by atoms with van der Waals surface area (Å²) in [6, 6.07) is -0.418. The number of aryl methyl sites for hydroxylation is 1. The molecular formula is C12H17NO6S2. The minimum atomic E-state index is -3.95. The van der Waals surface area contributed by atoms with Crippen LogP contribution in [0.15, 0.2) is 10.3 Å². The first kappa shape index (κ1) is 16.4. The summed E-state index contributed by atoms with van der Waals surface area (Å²) in [6.07, 6.45) is -0.594. The zero-order valence-electron chi connectivity index (χ0n) is 11.6. The van der Waals surface area contributed by atoms with Crippen molar-refractivity contribution in [3.05, 3.63) is 15.8 Å². The third kappa shape index (κ3) is 2.97. The van der Waals surface area contributed by atoms with Gasteiger partial charge in [-0.1, -0.05) is 0 Å². The Hall–Kier alpha value is -1.00. The van der Waals surface area contributed by atoms with Gasteiger partial charge in [0.25, 0.3) is 0 Å². The van der Waals surface area contributed by atoms with Crippen LogP contribution in [-0.4, -0.2) is 60.8 Å². The van der Waals surface area contributed by atoms with E-state index < -0.39 is 28.1 Å². The number of aliphatic hydroxyl groups excluding tert-OH is 1. The van der Waals surface area contributed by atoms with Gasteiger partial charge in [0.2, 0.25) is 10.0 Å². The summed E-state index contributed by atoms with van der Waals surface area (Å²) in [5.41, 5.74) is 0.414. The number of nitrogens with zero attached hydrogens (tertiary/aromatic N) is 1. The summed E-state index contributed by atoms with van der Waals surface area (Å²) in [4.78, 5) is 10.9. The molecule has 0 aromatic carbocycles. The van der Waals surface area contributed by atoms with Crippen LogP contribution in [0.4, 0.5) is 0 Å². The molecule has 2 atom stereocenters. The van der Waals surface area contributed by atoms with Gasteiger partial charge < -0.3 is 14.9 Å². The van der Waals surface area contributed by atoms with Crippen LogP contribution in [0, 0.1) is 6.92 Å². The summed E-state index contributed by atoms with van der Waals surface area (Å²) in [5.74, 6) is -1.26. The number of aliphatic hydroxyl groups is 1. The maximum Gasteiger partial charge on any atom is 0.347 e.